The van der Waals surface area contributed by atoms with Gasteiger partial charge in [-0.15, -0.1) is 5.10 Å². The van der Waals surface area contributed by atoms with Crippen molar-refractivity contribution in [3.05, 3.63) is 122 Å². The molecule has 274 valence electrons. The lowest BCUT2D eigenvalue weighted by molar-refractivity contribution is -0.145. The Balaban J connectivity index is 1.37. The van der Waals surface area contributed by atoms with E-state index in [4.69, 9.17) is 32.7 Å². The number of carbonyl (C=O) groups is 4. The van der Waals surface area contributed by atoms with Crippen LogP contribution in [0.25, 0.3) is 11.4 Å². The number of esters is 1. The second-order valence-corrected chi connectivity index (χ2v) is 12.1. The zero-order valence-corrected chi connectivity index (χ0v) is 29.5. The van der Waals surface area contributed by atoms with Gasteiger partial charge in [0.1, 0.15) is 37.0 Å². The van der Waals surface area contributed by atoms with Crippen LogP contribution in [0.15, 0.2) is 83.8 Å². The zero-order chi connectivity index (χ0) is 37.9. The Morgan fingerprint density at radius 2 is 1.64 bits per heavy atom. The summed E-state index contributed by atoms with van der Waals surface area (Å²) in [6.07, 6.45) is -0.373. The second kappa shape index (κ2) is 18.0. The van der Waals surface area contributed by atoms with Gasteiger partial charge in [-0.3, -0.25) is 29.1 Å². The number of ketones is 1. The third-order valence-electron chi connectivity index (χ3n) is 7.61. The first-order valence-electron chi connectivity index (χ1n) is 16.0. The highest BCUT2D eigenvalue weighted by molar-refractivity contribution is 6.36. The Bertz CT molecular complexity index is 2140. The molecule has 53 heavy (non-hydrogen) atoms. The maximum Gasteiger partial charge on any atom is 0.412 e. The summed E-state index contributed by atoms with van der Waals surface area (Å²) >= 11 is 12.6. The lowest BCUT2D eigenvalue weighted by Gasteiger charge is -2.19. The molecular formula is C35H31Cl2FN8O7. The maximum atomic E-state index is 13.8. The van der Waals surface area contributed by atoms with Crippen LogP contribution in [-0.4, -0.2) is 66.2 Å². The van der Waals surface area contributed by atoms with Gasteiger partial charge in [-0.1, -0.05) is 59.6 Å². The van der Waals surface area contributed by atoms with Crippen molar-refractivity contribution in [2.45, 2.75) is 45.5 Å². The topological polar surface area (TPSA) is 189 Å². The second-order valence-electron chi connectivity index (χ2n) is 11.3. The van der Waals surface area contributed by atoms with Crippen molar-refractivity contribution < 1.29 is 33.0 Å². The minimum Gasteiger partial charge on any atom is -0.466 e. The van der Waals surface area contributed by atoms with Crippen molar-refractivity contribution in [2.75, 3.05) is 11.9 Å². The highest BCUT2D eigenvalue weighted by Crippen LogP contribution is 2.26. The van der Waals surface area contributed by atoms with Crippen LogP contribution in [0.2, 0.25) is 10.0 Å². The molecule has 0 saturated heterocycles. The van der Waals surface area contributed by atoms with Crippen LogP contribution in [0, 0.1) is 5.82 Å². The van der Waals surface area contributed by atoms with E-state index < -0.39 is 60.7 Å². The summed E-state index contributed by atoms with van der Waals surface area (Å²) in [5, 5.41) is 17.0. The number of anilines is 1. The fraction of sp³-hybridized carbons (Fsp3) is 0.229. The minimum absolute atomic E-state index is 0.0130. The molecule has 0 radical (unpaired) electrons. The fourth-order valence-electron chi connectivity index (χ4n) is 5.03. The normalized spacial score (nSPS) is 11.4. The van der Waals surface area contributed by atoms with Crippen molar-refractivity contribution in [3.8, 4) is 11.4 Å². The van der Waals surface area contributed by atoms with E-state index in [1.165, 1.54) is 16.8 Å². The van der Waals surface area contributed by atoms with Crippen molar-refractivity contribution in [3.63, 3.8) is 0 Å². The number of amides is 2. The predicted molar refractivity (Wildman–Crippen MR) is 189 cm³/mol. The first-order valence-corrected chi connectivity index (χ1v) is 16.8. The van der Waals surface area contributed by atoms with Crippen LogP contribution in [0.5, 0.6) is 0 Å². The van der Waals surface area contributed by atoms with E-state index >= 15 is 0 Å². The SMILES string of the molecule is CCOC(=O)CC(NC(=O)Cn1c(-c2ccc(F)cc2)ncc(NC(=O)OCc2ccccc2)c1=O)C(=O)Cn1nnnc1Cc1c(Cl)cccc1Cl. The number of nitrogens with zero attached hydrogens (tertiary/aromatic N) is 6. The molecule has 1 unspecified atom stereocenters. The number of ether oxygens (including phenoxy) is 2. The van der Waals surface area contributed by atoms with Crippen LogP contribution in [0.3, 0.4) is 0 Å². The fourth-order valence-corrected chi connectivity index (χ4v) is 5.56. The number of carbonyl (C=O) groups excluding carboxylic acids is 4. The summed E-state index contributed by atoms with van der Waals surface area (Å²) in [5.41, 5.74) is 0.294. The molecule has 2 N–H and O–H groups in total. The molecule has 5 aromatic rings. The van der Waals surface area contributed by atoms with Gasteiger partial charge in [0, 0.05) is 22.0 Å². The monoisotopic (exact) mass is 764 g/mol. The number of nitrogens with one attached hydrogen (secondary N) is 2. The average Bonchev–Trinajstić information content (AvgIpc) is 3.57. The molecule has 0 fully saturated rings. The Labute approximate surface area is 311 Å². The maximum absolute atomic E-state index is 13.8. The predicted octanol–water partition coefficient (Wildman–Crippen LogP) is 4.39. The highest BCUT2D eigenvalue weighted by atomic mass is 35.5. The van der Waals surface area contributed by atoms with Gasteiger partial charge >= 0.3 is 12.1 Å². The third-order valence-corrected chi connectivity index (χ3v) is 8.32. The molecule has 15 nitrogen and oxygen atoms in total. The number of Topliss-reactive ketones (excluding diaryl/α,β-unsaturated/α-hetero) is 1. The number of benzene rings is 3. The number of hydrogen-bond donors (Lipinski definition) is 2. The van der Waals surface area contributed by atoms with Gasteiger partial charge in [0.05, 0.1) is 25.3 Å². The van der Waals surface area contributed by atoms with Crippen LogP contribution in [0.4, 0.5) is 14.9 Å². The molecule has 0 saturated carbocycles. The van der Waals surface area contributed by atoms with Crippen molar-refractivity contribution in [1.29, 1.82) is 0 Å². The van der Waals surface area contributed by atoms with Gasteiger partial charge in [0.25, 0.3) is 5.56 Å². The Morgan fingerprint density at radius 1 is 0.925 bits per heavy atom. The molecule has 0 aliphatic rings. The van der Waals surface area contributed by atoms with E-state index in [0.29, 0.717) is 21.2 Å². The summed E-state index contributed by atoms with van der Waals surface area (Å²) < 4.78 is 26.1. The van der Waals surface area contributed by atoms with Gasteiger partial charge in [0.15, 0.2) is 11.6 Å². The van der Waals surface area contributed by atoms with E-state index in [9.17, 15) is 28.4 Å². The summed E-state index contributed by atoms with van der Waals surface area (Å²) in [4.78, 5) is 70.3. The van der Waals surface area contributed by atoms with Crippen LogP contribution >= 0.6 is 23.2 Å². The molecule has 5 rings (SSSR count). The smallest absolute Gasteiger partial charge is 0.412 e. The number of aromatic nitrogens is 6. The quantitative estimate of drug-likeness (QED) is 0.144. The molecule has 3 aromatic carbocycles. The molecule has 0 spiro atoms. The van der Waals surface area contributed by atoms with E-state index in [0.717, 1.165) is 22.9 Å². The molecule has 1 atom stereocenters. The van der Waals surface area contributed by atoms with E-state index in [2.05, 4.69) is 31.1 Å². The summed E-state index contributed by atoms with van der Waals surface area (Å²) in [7, 11) is 0. The average molecular weight is 766 g/mol. The van der Waals surface area contributed by atoms with Gasteiger partial charge in [-0.25, -0.2) is 18.9 Å². The molecule has 2 amide bonds. The summed E-state index contributed by atoms with van der Waals surface area (Å²) in [6.45, 7) is 0.303. The summed E-state index contributed by atoms with van der Waals surface area (Å²) in [6, 6.07) is 17.3. The lowest BCUT2D eigenvalue weighted by Crippen LogP contribution is -2.46. The number of tetrazole rings is 1. The standard InChI is InChI=1S/C35H31Cl2FN8O7/c1-2-52-32(49)16-27(29(47)18-46-30(42-43-44-46)15-24-25(36)9-6-10-26(24)37)40-31(48)19-45-33(22-11-13-23(38)14-12-22)39-17-28(34(45)50)41-35(51)53-20-21-7-4-3-5-8-21/h3-14,17,27H,2,15-16,18-20H2,1H3,(H,40,48)(H,41,51). The molecule has 2 aromatic heterocycles. The number of hydrogen-bond acceptors (Lipinski definition) is 11. The van der Waals surface area contributed by atoms with Gasteiger partial charge in [-0.2, -0.15) is 0 Å². The highest BCUT2D eigenvalue weighted by Gasteiger charge is 2.27. The third kappa shape index (κ3) is 10.3. The van der Waals surface area contributed by atoms with E-state index in [1.807, 2.05) is 0 Å². The molecule has 0 aliphatic heterocycles. The Hall–Kier alpha value is -6.00. The first kappa shape index (κ1) is 38.2. The molecular weight excluding hydrogens is 734 g/mol. The van der Waals surface area contributed by atoms with Gasteiger partial charge in [-0.05, 0) is 64.9 Å². The zero-order valence-electron chi connectivity index (χ0n) is 28.0. The Morgan fingerprint density at radius 3 is 2.34 bits per heavy atom. The lowest BCUT2D eigenvalue weighted by atomic mass is 10.1. The number of rotatable bonds is 15. The summed E-state index contributed by atoms with van der Waals surface area (Å²) in [5.74, 6) is -2.73. The van der Waals surface area contributed by atoms with Gasteiger partial charge in [0.2, 0.25) is 5.91 Å². The molecule has 0 aliphatic carbocycles. The molecule has 18 heteroatoms. The van der Waals surface area contributed by atoms with Crippen molar-refractivity contribution >= 4 is 52.6 Å². The Kier molecular flexibility index (Phi) is 13.0. The minimum atomic E-state index is -1.45. The van der Waals surface area contributed by atoms with Crippen LogP contribution in [0.1, 0.15) is 30.3 Å². The molecule has 0 bridgehead atoms. The van der Waals surface area contributed by atoms with E-state index in [-0.39, 0.29) is 42.5 Å². The van der Waals surface area contributed by atoms with Gasteiger partial charge < -0.3 is 14.8 Å². The van der Waals surface area contributed by atoms with Crippen LogP contribution < -0.4 is 16.2 Å². The van der Waals surface area contributed by atoms with E-state index in [1.54, 1.807) is 55.5 Å². The van der Waals surface area contributed by atoms with Crippen molar-refractivity contribution in [2.24, 2.45) is 0 Å². The van der Waals surface area contributed by atoms with Crippen LogP contribution in [-0.2, 0) is 50.0 Å². The molecule has 2 heterocycles. The number of halogens is 3. The van der Waals surface area contributed by atoms with Crippen molar-refractivity contribution in [1.82, 2.24) is 35.1 Å². The first-order chi connectivity index (χ1) is 25.5. The largest absolute Gasteiger partial charge is 0.466 e.